The highest BCUT2D eigenvalue weighted by Crippen LogP contribution is 2.24. The topological polar surface area (TPSA) is 97.4 Å². The number of imide groups is 1. The minimum Gasteiger partial charge on any atom is -0.452 e. The fourth-order valence-electron chi connectivity index (χ4n) is 2.07. The number of esters is 1. The summed E-state index contributed by atoms with van der Waals surface area (Å²) in [5.41, 5.74) is 1.22. The number of nitrogens with zero attached hydrogens (tertiary/aromatic N) is 1. The van der Waals surface area contributed by atoms with Gasteiger partial charge in [0.15, 0.2) is 6.10 Å². The van der Waals surface area contributed by atoms with E-state index >= 15 is 0 Å². The maximum absolute atomic E-state index is 13.0. The number of urea groups is 1. The summed E-state index contributed by atoms with van der Waals surface area (Å²) in [6, 6.07) is 5.09. The molecule has 27 heavy (non-hydrogen) atoms. The molecular formula is C18H20FN3O4S. The number of carbonyl (C=O) groups excluding carboxylic acids is 3. The van der Waals surface area contributed by atoms with Crippen LogP contribution in [0.5, 0.6) is 0 Å². The van der Waals surface area contributed by atoms with Gasteiger partial charge in [-0.3, -0.25) is 14.9 Å². The zero-order valence-electron chi connectivity index (χ0n) is 15.1. The minimum absolute atomic E-state index is 0.118. The van der Waals surface area contributed by atoms with Gasteiger partial charge in [-0.2, -0.15) is 0 Å². The van der Waals surface area contributed by atoms with Crippen LogP contribution >= 0.6 is 11.3 Å². The van der Waals surface area contributed by atoms with Crippen molar-refractivity contribution in [3.8, 4) is 10.6 Å². The van der Waals surface area contributed by atoms with Crippen LogP contribution in [-0.2, 0) is 20.7 Å². The van der Waals surface area contributed by atoms with Gasteiger partial charge in [0.1, 0.15) is 10.8 Å². The van der Waals surface area contributed by atoms with Crippen LogP contribution in [0.15, 0.2) is 29.6 Å². The molecule has 2 N–H and O–H groups in total. The first-order chi connectivity index (χ1) is 12.7. The summed E-state index contributed by atoms with van der Waals surface area (Å²) < 4.78 is 18.0. The molecule has 144 valence electrons. The molecule has 0 saturated heterocycles. The summed E-state index contributed by atoms with van der Waals surface area (Å²) in [5.74, 6) is -1.70. The SMILES string of the molecule is CC(C)NC(=O)NC(=O)[C@H](C)OC(=O)Cc1csc(-c2ccc(F)cc2)n1. The Bertz CT molecular complexity index is 820. The van der Waals surface area contributed by atoms with Gasteiger partial charge in [0.25, 0.3) is 5.91 Å². The number of hydrogen-bond donors (Lipinski definition) is 2. The number of rotatable bonds is 6. The van der Waals surface area contributed by atoms with Crippen LogP contribution in [0.4, 0.5) is 9.18 Å². The zero-order valence-corrected chi connectivity index (χ0v) is 15.9. The summed E-state index contributed by atoms with van der Waals surface area (Å²) in [5, 5.41) is 6.94. The van der Waals surface area contributed by atoms with E-state index < -0.39 is 24.0 Å². The lowest BCUT2D eigenvalue weighted by Crippen LogP contribution is -2.46. The maximum atomic E-state index is 13.0. The van der Waals surface area contributed by atoms with Crippen molar-refractivity contribution in [3.05, 3.63) is 41.2 Å². The largest absolute Gasteiger partial charge is 0.452 e. The third-order valence-corrected chi connectivity index (χ3v) is 4.24. The summed E-state index contributed by atoms with van der Waals surface area (Å²) >= 11 is 1.32. The standard InChI is InChI=1S/C18H20FN3O4S/c1-10(2)20-18(25)22-16(24)11(3)26-15(23)8-14-9-27-17(21-14)12-4-6-13(19)7-5-12/h4-7,9-11H,8H2,1-3H3,(H2,20,22,24,25)/t11-/m0/s1. The van der Waals surface area contributed by atoms with Gasteiger partial charge in [0.05, 0.1) is 12.1 Å². The van der Waals surface area contributed by atoms with Gasteiger partial charge in [-0.05, 0) is 45.0 Å². The number of thiazole rings is 1. The Balaban J connectivity index is 1.87. The number of nitrogens with one attached hydrogen (secondary N) is 2. The van der Waals surface area contributed by atoms with E-state index in [1.807, 2.05) is 0 Å². The molecule has 7 nitrogen and oxygen atoms in total. The molecule has 2 aromatic rings. The lowest BCUT2D eigenvalue weighted by atomic mass is 10.2. The molecular weight excluding hydrogens is 373 g/mol. The Labute approximate surface area is 159 Å². The van der Waals surface area contributed by atoms with Crippen LogP contribution in [0.2, 0.25) is 0 Å². The highest BCUT2D eigenvalue weighted by atomic mass is 32.1. The second-order valence-electron chi connectivity index (χ2n) is 6.08. The summed E-state index contributed by atoms with van der Waals surface area (Å²) in [6.45, 7) is 4.88. The molecule has 9 heteroatoms. The quantitative estimate of drug-likeness (QED) is 0.736. The second kappa shape index (κ2) is 9.22. The normalized spacial score (nSPS) is 11.7. The Morgan fingerprint density at radius 3 is 2.48 bits per heavy atom. The fraction of sp³-hybridized carbons (Fsp3) is 0.333. The van der Waals surface area contributed by atoms with Crippen molar-refractivity contribution in [1.29, 1.82) is 0 Å². The molecule has 1 aromatic heterocycles. The van der Waals surface area contributed by atoms with Crippen molar-refractivity contribution >= 4 is 29.2 Å². The number of amides is 3. The Morgan fingerprint density at radius 2 is 1.85 bits per heavy atom. The van der Waals surface area contributed by atoms with Gasteiger partial charge in [0, 0.05) is 17.0 Å². The molecule has 0 saturated carbocycles. The number of halogens is 1. The smallest absolute Gasteiger partial charge is 0.321 e. The third kappa shape index (κ3) is 6.45. The van der Waals surface area contributed by atoms with Gasteiger partial charge in [-0.25, -0.2) is 14.2 Å². The predicted octanol–water partition coefficient (Wildman–Crippen LogP) is 2.66. The van der Waals surface area contributed by atoms with Crippen LogP contribution in [-0.4, -0.2) is 35.0 Å². The van der Waals surface area contributed by atoms with E-state index in [1.165, 1.54) is 30.4 Å². The lowest BCUT2D eigenvalue weighted by molar-refractivity contribution is -0.153. The first-order valence-corrected chi connectivity index (χ1v) is 9.13. The van der Waals surface area contributed by atoms with E-state index in [2.05, 4.69) is 15.6 Å². The highest BCUT2D eigenvalue weighted by molar-refractivity contribution is 7.13. The number of hydrogen-bond acceptors (Lipinski definition) is 6. The predicted molar refractivity (Wildman–Crippen MR) is 98.6 cm³/mol. The molecule has 0 radical (unpaired) electrons. The van der Waals surface area contributed by atoms with Crippen molar-refractivity contribution in [2.24, 2.45) is 0 Å². The maximum Gasteiger partial charge on any atom is 0.321 e. The van der Waals surface area contributed by atoms with Crippen molar-refractivity contribution in [2.45, 2.75) is 39.3 Å². The zero-order chi connectivity index (χ0) is 20.0. The number of carbonyl (C=O) groups is 3. The molecule has 1 heterocycles. The number of aromatic nitrogens is 1. The molecule has 0 aliphatic carbocycles. The van der Waals surface area contributed by atoms with Gasteiger partial charge >= 0.3 is 12.0 Å². The van der Waals surface area contributed by atoms with Crippen LogP contribution in [0, 0.1) is 5.82 Å². The average molecular weight is 393 g/mol. The van der Waals surface area contributed by atoms with Crippen LogP contribution in [0.3, 0.4) is 0 Å². The van der Waals surface area contributed by atoms with Crippen LogP contribution < -0.4 is 10.6 Å². The molecule has 3 amide bonds. The van der Waals surface area contributed by atoms with Gasteiger partial charge < -0.3 is 10.1 Å². The third-order valence-electron chi connectivity index (χ3n) is 3.30. The molecule has 0 aliphatic heterocycles. The fourth-order valence-corrected chi connectivity index (χ4v) is 2.89. The minimum atomic E-state index is -1.12. The molecule has 0 fully saturated rings. The summed E-state index contributed by atoms with van der Waals surface area (Å²) in [6.07, 6.45) is -1.24. The first kappa shape index (κ1) is 20.5. The van der Waals surface area contributed by atoms with Crippen molar-refractivity contribution < 1.29 is 23.5 Å². The molecule has 1 atom stereocenters. The molecule has 0 aliphatic rings. The lowest BCUT2D eigenvalue weighted by Gasteiger charge is -2.14. The van der Waals surface area contributed by atoms with Gasteiger partial charge in [0.2, 0.25) is 0 Å². The number of benzene rings is 1. The summed E-state index contributed by atoms with van der Waals surface area (Å²) in [7, 11) is 0. The molecule has 0 bridgehead atoms. The van der Waals surface area contributed by atoms with Crippen molar-refractivity contribution in [2.75, 3.05) is 0 Å². The van der Waals surface area contributed by atoms with Crippen molar-refractivity contribution in [3.63, 3.8) is 0 Å². The van der Waals surface area contributed by atoms with Gasteiger partial charge in [-0.15, -0.1) is 11.3 Å². The Hall–Kier alpha value is -2.81. The Kier molecular flexibility index (Phi) is 7.00. The van der Waals surface area contributed by atoms with Crippen molar-refractivity contribution in [1.82, 2.24) is 15.6 Å². The monoisotopic (exact) mass is 393 g/mol. The summed E-state index contributed by atoms with van der Waals surface area (Å²) in [4.78, 5) is 39.6. The van der Waals surface area contributed by atoms with E-state index in [1.54, 1.807) is 31.4 Å². The number of ether oxygens (including phenoxy) is 1. The van der Waals surface area contributed by atoms with E-state index in [-0.39, 0.29) is 18.3 Å². The average Bonchev–Trinajstić information content (AvgIpc) is 3.02. The molecule has 1 aromatic carbocycles. The Morgan fingerprint density at radius 1 is 1.19 bits per heavy atom. The van der Waals surface area contributed by atoms with Crippen LogP contribution in [0.1, 0.15) is 26.5 Å². The molecule has 0 unspecified atom stereocenters. The molecule has 0 spiro atoms. The first-order valence-electron chi connectivity index (χ1n) is 8.25. The van der Waals surface area contributed by atoms with E-state index in [0.717, 1.165) is 5.56 Å². The van der Waals surface area contributed by atoms with E-state index in [4.69, 9.17) is 4.74 Å². The van der Waals surface area contributed by atoms with Gasteiger partial charge in [-0.1, -0.05) is 0 Å². The van der Waals surface area contributed by atoms with E-state index in [9.17, 15) is 18.8 Å². The molecule has 2 rings (SSSR count). The second-order valence-corrected chi connectivity index (χ2v) is 6.94. The van der Waals surface area contributed by atoms with Crippen LogP contribution in [0.25, 0.3) is 10.6 Å². The highest BCUT2D eigenvalue weighted by Gasteiger charge is 2.21. The van der Waals surface area contributed by atoms with E-state index in [0.29, 0.717) is 10.7 Å².